The topological polar surface area (TPSA) is 70.1 Å². The first-order valence-electron chi connectivity index (χ1n) is 6.55. The van der Waals surface area contributed by atoms with E-state index in [2.05, 4.69) is 9.84 Å². The van der Waals surface area contributed by atoms with E-state index in [9.17, 15) is 4.79 Å². The number of nitrogen functional groups attached to an aromatic ring is 1. The van der Waals surface area contributed by atoms with Crippen molar-refractivity contribution < 1.29 is 9.53 Å². The molecule has 0 aliphatic rings. The summed E-state index contributed by atoms with van der Waals surface area (Å²) in [7, 11) is 1.37. The third kappa shape index (κ3) is 2.58. The maximum Gasteiger partial charge on any atom is 0.327 e. The van der Waals surface area contributed by atoms with Crippen LogP contribution in [-0.4, -0.2) is 22.9 Å². The second-order valence-corrected chi connectivity index (χ2v) is 4.78. The number of methoxy groups -OCH3 is 1. The van der Waals surface area contributed by atoms with E-state index in [1.165, 1.54) is 7.11 Å². The molecule has 3 rings (SSSR count). The lowest BCUT2D eigenvalue weighted by Gasteiger charge is -2.05. The van der Waals surface area contributed by atoms with E-state index in [0.717, 1.165) is 27.7 Å². The Kier molecular flexibility index (Phi) is 3.31. The van der Waals surface area contributed by atoms with Crippen LogP contribution in [0.2, 0.25) is 0 Å². The van der Waals surface area contributed by atoms with Gasteiger partial charge < -0.3 is 10.5 Å². The summed E-state index contributed by atoms with van der Waals surface area (Å²) in [6.07, 6.45) is 1.74. The van der Waals surface area contributed by atoms with Gasteiger partial charge in [0.15, 0.2) is 0 Å². The standard InChI is InChI=1S/C16H15N3O2/c1-21-16(20)10-19-15-8-12(5-6-13(15)9-18-19)11-3-2-4-14(17)7-11/h2-9H,10,17H2,1H3. The van der Waals surface area contributed by atoms with Crippen LogP contribution in [0.1, 0.15) is 0 Å². The molecule has 0 spiro atoms. The fourth-order valence-electron chi connectivity index (χ4n) is 2.28. The molecule has 1 heterocycles. The molecule has 2 aromatic carbocycles. The quantitative estimate of drug-likeness (QED) is 0.591. The minimum Gasteiger partial charge on any atom is -0.468 e. The summed E-state index contributed by atoms with van der Waals surface area (Å²) in [5.74, 6) is -0.325. The van der Waals surface area contributed by atoms with Crippen molar-refractivity contribution >= 4 is 22.6 Å². The lowest BCUT2D eigenvalue weighted by Crippen LogP contribution is -2.12. The number of ether oxygens (including phenoxy) is 1. The number of nitrogens with two attached hydrogens (primary N) is 1. The number of benzene rings is 2. The lowest BCUT2D eigenvalue weighted by molar-refractivity contribution is -0.141. The molecule has 1 aromatic heterocycles. The number of fused-ring (bicyclic) bond motifs is 1. The van der Waals surface area contributed by atoms with E-state index in [0.29, 0.717) is 0 Å². The summed E-state index contributed by atoms with van der Waals surface area (Å²) >= 11 is 0. The first kappa shape index (κ1) is 13.2. The smallest absolute Gasteiger partial charge is 0.327 e. The normalized spacial score (nSPS) is 10.7. The molecule has 0 atom stereocenters. The molecule has 0 amide bonds. The molecule has 106 valence electrons. The summed E-state index contributed by atoms with van der Waals surface area (Å²) in [5, 5.41) is 5.21. The number of rotatable bonds is 3. The molecule has 0 aliphatic heterocycles. The fourth-order valence-corrected chi connectivity index (χ4v) is 2.28. The number of nitrogens with zero attached hydrogens (tertiary/aromatic N) is 2. The second-order valence-electron chi connectivity index (χ2n) is 4.78. The summed E-state index contributed by atoms with van der Waals surface area (Å²) in [4.78, 5) is 11.4. The molecule has 0 saturated carbocycles. The number of hydrogen-bond acceptors (Lipinski definition) is 4. The molecule has 2 N–H and O–H groups in total. The second kappa shape index (κ2) is 5.28. The zero-order chi connectivity index (χ0) is 14.8. The molecule has 21 heavy (non-hydrogen) atoms. The zero-order valence-electron chi connectivity index (χ0n) is 11.6. The average molecular weight is 281 g/mol. The Morgan fingerprint density at radius 2 is 2.05 bits per heavy atom. The Labute approximate surface area is 121 Å². The van der Waals surface area contributed by atoms with E-state index in [1.54, 1.807) is 10.9 Å². The first-order valence-corrected chi connectivity index (χ1v) is 6.55. The number of anilines is 1. The van der Waals surface area contributed by atoms with E-state index >= 15 is 0 Å². The maximum absolute atomic E-state index is 11.4. The molecule has 5 nitrogen and oxygen atoms in total. The number of esters is 1. The van der Waals surface area contributed by atoms with Gasteiger partial charge in [0.1, 0.15) is 6.54 Å². The highest BCUT2D eigenvalue weighted by Crippen LogP contribution is 2.25. The number of carbonyl (C=O) groups excluding carboxylic acids is 1. The van der Waals surface area contributed by atoms with Crippen molar-refractivity contribution in [3.8, 4) is 11.1 Å². The van der Waals surface area contributed by atoms with Crippen molar-refractivity contribution in [2.24, 2.45) is 0 Å². The molecule has 0 fully saturated rings. The van der Waals surface area contributed by atoms with Crippen LogP contribution in [0.15, 0.2) is 48.7 Å². The van der Waals surface area contributed by atoms with Gasteiger partial charge in [-0.3, -0.25) is 9.48 Å². The predicted octanol–water partition coefficient (Wildman–Crippen LogP) is 2.46. The predicted molar refractivity (Wildman–Crippen MR) is 81.6 cm³/mol. The van der Waals surface area contributed by atoms with Gasteiger partial charge in [-0.2, -0.15) is 5.10 Å². The zero-order valence-corrected chi connectivity index (χ0v) is 11.6. The molecule has 0 saturated heterocycles. The Balaban J connectivity index is 2.06. The summed E-state index contributed by atoms with van der Waals surface area (Å²) in [6, 6.07) is 13.7. The molecule has 0 bridgehead atoms. The van der Waals surface area contributed by atoms with Crippen LogP contribution in [-0.2, 0) is 16.1 Å². The van der Waals surface area contributed by atoms with E-state index in [1.807, 2.05) is 42.5 Å². The average Bonchev–Trinajstić information content (AvgIpc) is 2.89. The van der Waals surface area contributed by atoms with Crippen LogP contribution in [0.3, 0.4) is 0 Å². The third-order valence-corrected chi connectivity index (χ3v) is 3.37. The van der Waals surface area contributed by atoms with Gasteiger partial charge >= 0.3 is 5.97 Å². The third-order valence-electron chi connectivity index (χ3n) is 3.37. The van der Waals surface area contributed by atoms with E-state index in [4.69, 9.17) is 5.73 Å². The van der Waals surface area contributed by atoms with Crippen molar-refractivity contribution in [2.45, 2.75) is 6.54 Å². The molecular formula is C16H15N3O2. The first-order chi connectivity index (χ1) is 10.2. The SMILES string of the molecule is COC(=O)Cn1ncc2ccc(-c3cccc(N)c3)cc21. The summed E-state index contributed by atoms with van der Waals surface area (Å²) in [5.41, 5.74) is 9.49. The van der Waals surface area contributed by atoms with E-state index in [-0.39, 0.29) is 12.5 Å². The molecular weight excluding hydrogens is 266 g/mol. The van der Waals surface area contributed by atoms with Crippen molar-refractivity contribution in [3.05, 3.63) is 48.7 Å². The Hall–Kier alpha value is -2.82. The molecule has 5 heteroatoms. The number of carbonyl (C=O) groups is 1. The van der Waals surface area contributed by atoms with Crippen molar-refractivity contribution in [2.75, 3.05) is 12.8 Å². The molecule has 0 radical (unpaired) electrons. The summed E-state index contributed by atoms with van der Waals surface area (Å²) < 4.78 is 6.32. The molecule has 0 aliphatic carbocycles. The minimum absolute atomic E-state index is 0.0976. The Bertz CT molecular complexity index is 808. The summed E-state index contributed by atoms with van der Waals surface area (Å²) in [6.45, 7) is 0.0976. The highest BCUT2D eigenvalue weighted by atomic mass is 16.5. The Morgan fingerprint density at radius 3 is 2.81 bits per heavy atom. The van der Waals surface area contributed by atoms with Crippen molar-refractivity contribution in [1.29, 1.82) is 0 Å². The Morgan fingerprint density at radius 1 is 1.24 bits per heavy atom. The largest absolute Gasteiger partial charge is 0.468 e. The van der Waals surface area contributed by atoms with E-state index < -0.39 is 0 Å². The highest BCUT2D eigenvalue weighted by molar-refractivity contribution is 5.85. The van der Waals surface area contributed by atoms with Gasteiger partial charge in [-0.05, 0) is 29.3 Å². The molecule has 3 aromatic rings. The fraction of sp³-hybridized carbons (Fsp3) is 0.125. The van der Waals surface area contributed by atoms with Crippen LogP contribution in [0.4, 0.5) is 5.69 Å². The van der Waals surface area contributed by atoms with Crippen molar-refractivity contribution in [3.63, 3.8) is 0 Å². The number of aromatic nitrogens is 2. The lowest BCUT2D eigenvalue weighted by atomic mass is 10.0. The van der Waals surface area contributed by atoms with Gasteiger partial charge in [0.2, 0.25) is 0 Å². The van der Waals surface area contributed by atoms with Crippen LogP contribution in [0.25, 0.3) is 22.0 Å². The monoisotopic (exact) mass is 281 g/mol. The van der Waals surface area contributed by atoms with Gasteiger partial charge in [0.25, 0.3) is 0 Å². The van der Waals surface area contributed by atoms with Gasteiger partial charge in [-0.1, -0.05) is 24.3 Å². The van der Waals surface area contributed by atoms with Crippen LogP contribution >= 0.6 is 0 Å². The van der Waals surface area contributed by atoms with Gasteiger partial charge in [-0.15, -0.1) is 0 Å². The minimum atomic E-state index is -0.325. The van der Waals surface area contributed by atoms with Crippen LogP contribution < -0.4 is 5.73 Å². The van der Waals surface area contributed by atoms with Gasteiger partial charge in [0.05, 0.1) is 18.8 Å². The van der Waals surface area contributed by atoms with Gasteiger partial charge in [0, 0.05) is 11.1 Å². The number of hydrogen-bond donors (Lipinski definition) is 1. The highest BCUT2D eigenvalue weighted by Gasteiger charge is 2.09. The molecule has 0 unspecified atom stereocenters. The van der Waals surface area contributed by atoms with Crippen LogP contribution in [0.5, 0.6) is 0 Å². The maximum atomic E-state index is 11.4. The van der Waals surface area contributed by atoms with Crippen molar-refractivity contribution in [1.82, 2.24) is 9.78 Å². The van der Waals surface area contributed by atoms with Gasteiger partial charge in [-0.25, -0.2) is 0 Å². The van der Waals surface area contributed by atoms with Crippen LogP contribution in [0, 0.1) is 0 Å².